The highest BCUT2D eigenvalue weighted by molar-refractivity contribution is 7.80. The van der Waals surface area contributed by atoms with Gasteiger partial charge in [0, 0.05) is 5.75 Å². The first-order chi connectivity index (χ1) is 7.86. The lowest BCUT2D eigenvalue weighted by Crippen LogP contribution is -2.29. The van der Waals surface area contributed by atoms with Crippen molar-refractivity contribution in [2.24, 2.45) is 17.4 Å². The van der Waals surface area contributed by atoms with E-state index in [0.717, 1.165) is 12.8 Å². The van der Waals surface area contributed by atoms with Crippen molar-refractivity contribution in [3.05, 3.63) is 0 Å². The molecule has 7 heteroatoms. The molecule has 0 aliphatic carbocycles. The number of nitrogens with two attached hydrogens (primary N) is 2. The van der Waals surface area contributed by atoms with Gasteiger partial charge in [0.1, 0.15) is 6.04 Å². The molecule has 0 saturated heterocycles. The summed E-state index contributed by atoms with van der Waals surface area (Å²) < 4.78 is 0. The standard InChI is InChI=1S/C6H14N2O2.C4H8O2S/c7-4-2-1-3-5(8)6(9)10;1-3(2-7)4(5)6/h5H,1-4,7-8H2,(H,9,10);3,7H,2H2,1H3,(H,5,6)/t5-;3-/m00/s1. The summed E-state index contributed by atoms with van der Waals surface area (Å²) in [5, 5.41) is 16.5. The molecular formula is C10H22N2O4S. The molecule has 0 aliphatic heterocycles. The predicted molar refractivity (Wildman–Crippen MR) is 69.2 cm³/mol. The van der Waals surface area contributed by atoms with Gasteiger partial charge in [-0.05, 0) is 19.4 Å². The Morgan fingerprint density at radius 2 is 1.76 bits per heavy atom. The lowest BCUT2D eigenvalue weighted by Gasteiger charge is -2.03. The van der Waals surface area contributed by atoms with Crippen molar-refractivity contribution in [3.8, 4) is 0 Å². The van der Waals surface area contributed by atoms with Crippen LogP contribution in [0.4, 0.5) is 0 Å². The fourth-order valence-corrected chi connectivity index (χ4v) is 0.866. The van der Waals surface area contributed by atoms with Crippen LogP contribution in [0.5, 0.6) is 0 Å². The topological polar surface area (TPSA) is 127 Å². The van der Waals surface area contributed by atoms with E-state index in [9.17, 15) is 9.59 Å². The molecule has 0 aromatic rings. The average Bonchev–Trinajstić information content (AvgIpc) is 2.28. The third kappa shape index (κ3) is 13.1. The minimum Gasteiger partial charge on any atom is -0.481 e. The highest BCUT2D eigenvalue weighted by atomic mass is 32.1. The second kappa shape index (κ2) is 11.7. The maximum absolute atomic E-state index is 10.1. The van der Waals surface area contributed by atoms with Crippen LogP contribution in [0.15, 0.2) is 0 Å². The Bertz CT molecular complexity index is 226. The Labute approximate surface area is 107 Å². The fraction of sp³-hybridized carbons (Fsp3) is 0.800. The molecular weight excluding hydrogens is 244 g/mol. The minimum absolute atomic E-state index is 0.316. The number of rotatable bonds is 7. The van der Waals surface area contributed by atoms with Crippen molar-refractivity contribution in [1.29, 1.82) is 0 Å². The molecule has 0 heterocycles. The maximum Gasteiger partial charge on any atom is 0.320 e. The SMILES string of the molecule is C[C@@H](CS)C(=O)O.NCCCC[C@H](N)C(=O)O. The van der Waals surface area contributed by atoms with Crippen LogP contribution in [-0.2, 0) is 9.59 Å². The van der Waals surface area contributed by atoms with E-state index in [1.807, 2.05) is 0 Å². The summed E-state index contributed by atoms with van der Waals surface area (Å²) in [6.07, 6.45) is 2.16. The van der Waals surface area contributed by atoms with Crippen LogP contribution >= 0.6 is 12.6 Å². The zero-order chi connectivity index (χ0) is 13.8. The minimum atomic E-state index is -0.933. The van der Waals surface area contributed by atoms with E-state index in [-0.39, 0.29) is 5.92 Å². The first kappa shape index (κ1) is 18.6. The molecule has 0 fully saturated rings. The van der Waals surface area contributed by atoms with E-state index < -0.39 is 18.0 Å². The Kier molecular flexibility index (Phi) is 12.8. The summed E-state index contributed by atoms with van der Waals surface area (Å²) in [6, 6.07) is -0.716. The number of aliphatic carboxylic acids is 2. The van der Waals surface area contributed by atoms with Gasteiger partial charge in [-0.25, -0.2) is 0 Å². The van der Waals surface area contributed by atoms with E-state index >= 15 is 0 Å². The van der Waals surface area contributed by atoms with Crippen LogP contribution < -0.4 is 11.5 Å². The molecule has 2 atom stereocenters. The summed E-state index contributed by atoms with van der Waals surface area (Å²) >= 11 is 3.77. The van der Waals surface area contributed by atoms with Crippen molar-refractivity contribution in [3.63, 3.8) is 0 Å². The molecule has 6 nitrogen and oxygen atoms in total. The zero-order valence-electron chi connectivity index (χ0n) is 10.0. The highest BCUT2D eigenvalue weighted by Gasteiger charge is 2.09. The molecule has 0 aromatic heterocycles. The van der Waals surface area contributed by atoms with Crippen LogP contribution in [-0.4, -0.2) is 40.5 Å². The van der Waals surface area contributed by atoms with Gasteiger partial charge in [-0.2, -0.15) is 12.6 Å². The van der Waals surface area contributed by atoms with Gasteiger partial charge in [0.05, 0.1) is 5.92 Å². The molecule has 0 aromatic carbocycles. The molecule has 17 heavy (non-hydrogen) atoms. The quantitative estimate of drug-likeness (QED) is 0.330. The van der Waals surface area contributed by atoms with Crippen molar-refractivity contribution in [2.45, 2.75) is 32.2 Å². The zero-order valence-corrected chi connectivity index (χ0v) is 10.9. The first-order valence-electron chi connectivity index (χ1n) is 5.38. The number of thiol groups is 1. The van der Waals surface area contributed by atoms with Gasteiger partial charge in [-0.15, -0.1) is 0 Å². The van der Waals surface area contributed by atoms with Crippen molar-refractivity contribution in [2.75, 3.05) is 12.3 Å². The Hall–Kier alpha value is -0.790. The molecule has 0 bridgehead atoms. The number of carboxylic acid groups (broad SMARTS) is 2. The number of carbonyl (C=O) groups is 2. The molecule has 0 amide bonds. The monoisotopic (exact) mass is 266 g/mol. The summed E-state index contributed by atoms with van der Waals surface area (Å²) in [7, 11) is 0. The van der Waals surface area contributed by atoms with Crippen molar-refractivity contribution in [1.82, 2.24) is 0 Å². The summed E-state index contributed by atoms with van der Waals surface area (Å²) in [4.78, 5) is 20.0. The maximum atomic E-state index is 10.1. The summed E-state index contributed by atoms with van der Waals surface area (Å²) in [5.74, 6) is -1.62. The Morgan fingerprint density at radius 3 is 2.00 bits per heavy atom. The largest absolute Gasteiger partial charge is 0.481 e. The van der Waals surface area contributed by atoms with E-state index in [0.29, 0.717) is 18.7 Å². The number of hydrogen-bond donors (Lipinski definition) is 5. The molecule has 0 unspecified atom stereocenters. The van der Waals surface area contributed by atoms with E-state index in [4.69, 9.17) is 21.7 Å². The molecule has 0 rings (SSSR count). The van der Waals surface area contributed by atoms with E-state index in [1.165, 1.54) is 0 Å². The van der Waals surface area contributed by atoms with Gasteiger partial charge < -0.3 is 21.7 Å². The van der Waals surface area contributed by atoms with Gasteiger partial charge in [0.25, 0.3) is 0 Å². The van der Waals surface area contributed by atoms with Crippen molar-refractivity contribution < 1.29 is 19.8 Å². The Balaban J connectivity index is 0. The molecule has 0 spiro atoms. The first-order valence-corrected chi connectivity index (χ1v) is 6.02. The van der Waals surface area contributed by atoms with Crippen LogP contribution in [0.1, 0.15) is 26.2 Å². The second-order valence-electron chi connectivity index (χ2n) is 3.65. The van der Waals surface area contributed by atoms with Crippen LogP contribution in [0.25, 0.3) is 0 Å². The smallest absolute Gasteiger partial charge is 0.320 e. The molecule has 102 valence electrons. The highest BCUT2D eigenvalue weighted by Crippen LogP contribution is 1.97. The van der Waals surface area contributed by atoms with Crippen molar-refractivity contribution >= 4 is 24.6 Å². The Morgan fingerprint density at radius 1 is 1.24 bits per heavy atom. The fourth-order valence-electron chi connectivity index (χ4n) is 0.710. The predicted octanol–water partition coefficient (Wildman–Crippen LogP) is 0.164. The molecule has 6 N–H and O–H groups in total. The van der Waals surface area contributed by atoms with Gasteiger partial charge in [0.15, 0.2) is 0 Å². The summed E-state index contributed by atoms with van der Waals surface area (Å²) in [6.45, 7) is 2.22. The third-order valence-corrected chi connectivity index (χ3v) is 2.53. The number of carboxylic acids is 2. The normalized spacial score (nSPS) is 13.2. The number of hydrogen-bond acceptors (Lipinski definition) is 5. The van der Waals surface area contributed by atoms with E-state index in [1.54, 1.807) is 6.92 Å². The summed E-state index contributed by atoms with van der Waals surface area (Å²) in [5.41, 5.74) is 10.4. The lowest BCUT2D eigenvalue weighted by atomic mass is 10.1. The van der Waals surface area contributed by atoms with Crippen LogP contribution in [0.2, 0.25) is 0 Å². The van der Waals surface area contributed by atoms with Gasteiger partial charge in [0.2, 0.25) is 0 Å². The molecule has 0 radical (unpaired) electrons. The molecule has 0 saturated carbocycles. The average molecular weight is 266 g/mol. The number of unbranched alkanes of at least 4 members (excludes halogenated alkanes) is 1. The van der Waals surface area contributed by atoms with Gasteiger partial charge >= 0.3 is 11.9 Å². The molecule has 0 aliphatic rings. The van der Waals surface area contributed by atoms with Crippen LogP contribution in [0.3, 0.4) is 0 Å². The van der Waals surface area contributed by atoms with Crippen LogP contribution in [0, 0.1) is 5.92 Å². The van der Waals surface area contributed by atoms with E-state index in [2.05, 4.69) is 12.6 Å². The van der Waals surface area contributed by atoms with Gasteiger partial charge in [-0.3, -0.25) is 9.59 Å². The van der Waals surface area contributed by atoms with Gasteiger partial charge in [-0.1, -0.05) is 13.3 Å². The second-order valence-corrected chi connectivity index (χ2v) is 4.02. The lowest BCUT2D eigenvalue weighted by molar-refractivity contribution is -0.140. The third-order valence-electron chi connectivity index (χ3n) is 1.98.